The number of rotatable bonds is 6. The molecule has 3 aromatic heterocycles. The van der Waals surface area contributed by atoms with Crippen molar-refractivity contribution in [2.24, 2.45) is 0 Å². The van der Waals surface area contributed by atoms with Gasteiger partial charge in [0.05, 0.1) is 20.5 Å². The molecule has 6 aromatic carbocycles. The number of aryl methyl sites for hydroxylation is 1. The first-order valence-corrected chi connectivity index (χ1v) is 21.1. The number of aromatic nitrogens is 2. The Morgan fingerprint density at radius 1 is 0.655 bits per heavy atom. The van der Waals surface area contributed by atoms with Gasteiger partial charge in [-0.2, -0.15) is 0 Å². The van der Waals surface area contributed by atoms with Crippen LogP contribution in [0.15, 0.2) is 174 Å². The van der Waals surface area contributed by atoms with Gasteiger partial charge in [0.25, 0.3) is 0 Å². The van der Waals surface area contributed by atoms with E-state index < -0.39 is 21.0 Å². The van der Waals surface area contributed by atoms with Gasteiger partial charge in [0.1, 0.15) is 5.58 Å². The van der Waals surface area contributed by atoms with Crippen molar-refractivity contribution in [3.05, 3.63) is 188 Å². The van der Waals surface area contributed by atoms with E-state index in [9.17, 15) is 0 Å². The minimum atomic E-state index is -2.19. The van der Waals surface area contributed by atoms with E-state index >= 15 is 0 Å². The Kier molecular flexibility index (Phi) is 8.52. The van der Waals surface area contributed by atoms with E-state index in [1.807, 2.05) is 91.1 Å². The van der Waals surface area contributed by atoms with Crippen LogP contribution in [0.4, 0.5) is 0 Å². The molecule has 9 aromatic rings. The molecule has 0 N–H and O–H groups in total. The number of fused-ring (bicyclic) bond motifs is 3. The van der Waals surface area contributed by atoms with Crippen LogP contribution >= 0.6 is 0 Å². The molecular weight excluding hydrogens is 865 g/mol. The molecule has 3 nitrogen and oxygen atoms in total. The molecule has 0 saturated carbocycles. The quantitative estimate of drug-likeness (QED) is 0.123. The molecule has 0 aliphatic carbocycles. The number of benzene rings is 6. The summed E-state index contributed by atoms with van der Waals surface area (Å²) in [6.45, 7) is 4.67. The smallest absolute Gasteiger partial charge is 0.121 e. The summed E-state index contributed by atoms with van der Waals surface area (Å²) in [5, 5.41) is 3.19. The zero-order chi connectivity index (χ0) is 43.9. The molecule has 0 atom stereocenters. The van der Waals surface area contributed by atoms with Crippen LogP contribution in [0.3, 0.4) is 0 Å². The maximum absolute atomic E-state index is 8.32. The van der Waals surface area contributed by atoms with Crippen molar-refractivity contribution in [2.75, 3.05) is 0 Å². The van der Waals surface area contributed by atoms with Gasteiger partial charge in [0, 0.05) is 42.0 Å². The zero-order valence-electron chi connectivity index (χ0n) is 38.4. The summed E-state index contributed by atoms with van der Waals surface area (Å²) in [5.74, 6) is 0. The van der Waals surface area contributed by atoms with E-state index in [1.54, 1.807) is 24.4 Å². The first kappa shape index (κ1) is 28.7. The van der Waals surface area contributed by atoms with Crippen molar-refractivity contribution in [1.82, 2.24) is 9.97 Å². The van der Waals surface area contributed by atoms with E-state index in [0.29, 0.717) is 33.5 Å². The summed E-state index contributed by atoms with van der Waals surface area (Å²) in [6, 6.07) is 45.2. The molecule has 0 aliphatic heterocycles. The topological polar surface area (TPSA) is 38.9 Å². The largest absolute Gasteiger partial charge is 0.501 e. The van der Waals surface area contributed by atoms with Gasteiger partial charge >= 0.3 is 0 Å². The van der Waals surface area contributed by atoms with Gasteiger partial charge in [-0.15, -0.1) is 47.5 Å². The zero-order valence-corrected chi connectivity index (χ0v) is 33.8. The molecule has 5 heteroatoms. The molecule has 9 rings (SSSR count). The molecule has 0 saturated heterocycles. The Morgan fingerprint density at radius 2 is 1.40 bits per heavy atom. The third-order valence-electron chi connectivity index (χ3n) is 9.29. The minimum Gasteiger partial charge on any atom is -0.501 e. The molecule has 0 spiro atoms. The van der Waals surface area contributed by atoms with Crippen LogP contribution in [0.5, 0.6) is 0 Å². The second kappa shape index (κ2) is 16.3. The Morgan fingerprint density at radius 3 is 2.11 bits per heavy atom. The summed E-state index contributed by atoms with van der Waals surface area (Å²) in [7, 11) is -1.40. The average Bonchev–Trinajstić information content (AvgIpc) is 3.66. The van der Waals surface area contributed by atoms with Crippen LogP contribution in [-0.4, -0.2) is 18.0 Å². The van der Waals surface area contributed by atoms with Crippen LogP contribution in [0.25, 0.3) is 77.8 Å². The van der Waals surface area contributed by atoms with Crippen molar-refractivity contribution >= 4 is 35.2 Å². The molecule has 55 heavy (non-hydrogen) atoms. The first-order chi connectivity index (χ1) is 29.6. The van der Waals surface area contributed by atoms with Crippen molar-refractivity contribution < 1.29 is 35.5 Å². The number of hydrogen-bond donors (Lipinski definition) is 0. The van der Waals surface area contributed by atoms with Crippen LogP contribution in [0, 0.1) is 19.0 Å². The van der Waals surface area contributed by atoms with Crippen molar-refractivity contribution in [2.45, 2.75) is 26.5 Å². The van der Waals surface area contributed by atoms with Gasteiger partial charge in [0.15, 0.2) is 0 Å². The van der Waals surface area contributed by atoms with Gasteiger partial charge in [-0.1, -0.05) is 164 Å². The summed E-state index contributed by atoms with van der Waals surface area (Å²) in [5.41, 5.74) is 8.81. The fourth-order valence-corrected chi connectivity index (χ4v) is 7.39. The van der Waals surface area contributed by atoms with Gasteiger partial charge in [-0.25, -0.2) is 0 Å². The number of nitrogens with zero attached hydrogens (tertiary/aromatic N) is 2. The molecule has 0 fully saturated rings. The number of furan rings is 1. The molecule has 0 unspecified atom stereocenters. The summed E-state index contributed by atoms with van der Waals surface area (Å²) >= 11 is 0. The summed E-state index contributed by atoms with van der Waals surface area (Å²) < 4.78 is 70.4. The van der Waals surface area contributed by atoms with Crippen molar-refractivity contribution in [3.63, 3.8) is 0 Å². The maximum atomic E-state index is 8.32. The van der Waals surface area contributed by atoms with E-state index in [4.69, 9.17) is 15.4 Å². The van der Waals surface area contributed by atoms with E-state index in [1.165, 1.54) is 5.19 Å². The Labute approximate surface area is 349 Å². The van der Waals surface area contributed by atoms with Gasteiger partial charge in [0.2, 0.25) is 0 Å². The fraction of sp³-hybridized carbons (Fsp3) is 0.0800. The Balaban J connectivity index is 0.000000196. The molecule has 271 valence electrons. The normalized spacial score (nSPS) is 13.4. The number of hydrogen-bond acceptors (Lipinski definition) is 3. The van der Waals surface area contributed by atoms with Crippen LogP contribution < -0.4 is 5.19 Å². The third kappa shape index (κ3) is 8.20. The van der Waals surface area contributed by atoms with Crippen molar-refractivity contribution in [3.8, 4) is 55.9 Å². The molecule has 0 aliphatic rings. The minimum absolute atomic E-state index is 0. The first-order valence-electron chi connectivity index (χ1n) is 21.6. The van der Waals surface area contributed by atoms with E-state index in [2.05, 4.69) is 66.0 Å². The molecule has 1 radical (unpaired) electrons. The molecule has 0 bridgehead atoms. The van der Waals surface area contributed by atoms with Crippen LogP contribution in [-0.2, 0) is 20.1 Å². The maximum Gasteiger partial charge on any atom is 0.121 e. The second-order valence-electron chi connectivity index (χ2n) is 13.9. The van der Waals surface area contributed by atoms with E-state index in [0.717, 1.165) is 44.3 Å². The van der Waals surface area contributed by atoms with Crippen LogP contribution in [0.1, 0.15) is 16.5 Å². The Bertz CT molecular complexity index is 3070. The fourth-order valence-electron chi connectivity index (χ4n) is 6.35. The molecule has 3 heterocycles. The molecule has 0 amide bonds. The van der Waals surface area contributed by atoms with Crippen LogP contribution in [0.2, 0.25) is 19.6 Å². The molecular formula is C50H40IrN2OSi-2. The SMILES string of the molecule is [2H]C([2H])([2H])c1c[c-]c(-c2ccc([Si](C)(C)C)cn2)cc1-c1ccccc1.[2H]c1c([2H])c([2H])c(-c2ccnc(-c3[c-]ccc4c3oc3cc(-c5ccccc5)ccc34)c2)c([2H])c1[2H].[Ir]. The van der Waals surface area contributed by atoms with E-state index in [-0.39, 0.29) is 49.8 Å². The van der Waals surface area contributed by atoms with Crippen molar-refractivity contribution in [1.29, 1.82) is 0 Å². The van der Waals surface area contributed by atoms with Gasteiger partial charge in [-0.05, 0) is 56.5 Å². The summed E-state index contributed by atoms with van der Waals surface area (Å²) in [4.78, 5) is 9.10. The summed E-state index contributed by atoms with van der Waals surface area (Å²) in [6.07, 6.45) is 3.50. The Hall–Kier alpha value is -5.71. The standard InChI is InChI=1S/C29H18NO.C21H22NSi.Ir/c1-3-8-20(9-4-1)22-14-15-24-25-12-7-13-26(29(25)31-28(24)19-22)27-18-23(16-17-30-27)21-10-5-2-6-11-21;1-16-10-11-18(14-20(16)17-8-6-5-7-9-17)21-13-12-19(15-22-21)23(2,3)4;/h1-12,14-19H;5-10,12-15H,1-4H3;/q2*-1;/i2D,5D,6D,10D,11D;1D3;. The second-order valence-corrected chi connectivity index (χ2v) is 19.0. The monoisotopic (exact) mass is 913 g/mol. The van der Waals surface area contributed by atoms with Gasteiger partial charge < -0.3 is 14.4 Å². The average molecular weight is 913 g/mol. The predicted octanol–water partition coefficient (Wildman–Crippen LogP) is 12.8. The predicted molar refractivity (Wildman–Crippen MR) is 228 cm³/mol. The third-order valence-corrected chi connectivity index (χ3v) is 11.3. The number of pyridine rings is 2. The van der Waals surface area contributed by atoms with Gasteiger partial charge in [-0.3, -0.25) is 0 Å².